The Balaban J connectivity index is 1.42. The maximum Gasteiger partial charge on any atom is 0.324 e. The van der Waals surface area contributed by atoms with Gasteiger partial charge in [-0.3, -0.25) is 34.0 Å². The number of methoxy groups -OCH3 is 1. The van der Waals surface area contributed by atoms with E-state index in [1.165, 1.54) is 27.5 Å². The Bertz CT molecular complexity index is 2380. The molecule has 3 aromatic rings. The summed E-state index contributed by atoms with van der Waals surface area (Å²) in [5.41, 5.74) is 8.79. The number of hydrogen-bond donors (Lipinski definition) is 2. The van der Waals surface area contributed by atoms with Crippen LogP contribution in [0.1, 0.15) is 84.7 Å². The van der Waals surface area contributed by atoms with Gasteiger partial charge in [0.05, 0.1) is 40.6 Å². The number of allylic oxidation sites excluding steroid dienone is 2. The van der Waals surface area contributed by atoms with Crippen LogP contribution in [0.5, 0.6) is 0 Å². The molecule has 1 aromatic carbocycles. The lowest BCUT2D eigenvalue weighted by Gasteiger charge is -2.37. The number of rotatable bonds is 12. The summed E-state index contributed by atoms with van der Waals surface area (Å²) in [7, 11) is 3.26. The van der Waals surface area contributed by atoms with E-state index in [0.717, 1.165) is 43.9 Å². The van der Waals surface area contributed by atoms with E-state index in [9.17, 15) is 24.0 Å². The second kappa shape index (κ2) is 20.8. The molecule has 15 nitrogen and oxygen atoms in total. The number of carbonyl (C=O) groups is 5. The van der Waals surface area contributed by atoms with Gasteiger partial charge in [-0.25, -0.2) is 5.43 Å². The summed E-state index contributed by atoms with van der Waals surface area (Å²) in [6.07, 6.45) is 6.58. The van der Waals surface area contributed by atoms with Crippen molar-refractivity contribution < 1.29 is 33.4 Å². The number of cyclic esters (lactones) is 1. The number of aromatic nitrogens is 2. The summed E-state index contributed by atoms with van der Waals surface area (Å²) < 4.78 is 19.0. The highest BCUT2D eigenvalue weighted by Crippen LogP contribution is 2.41. The number of aryl methyl sites for hydroxylation is 1. The van der Waals surface area contributed by atoms with Crippen molar-refractivity contribution in [2.75, 3.05) is 40.4 Å². The number of fused-ring (bicyclic) bond motifs is 6. The van der Waals surface area contributed by atoms with Crippen LogP contribution in [0.3, 0.4) is 0 Å². The molecule has 6 bridgehead atoms. The maximum absolute atomic E-state index is 14.6. The number of ether oxygens (including phenoxy) is 2. The fourth-order valence-corrected chi connectivity index (χ4v) is 10.2. The number of nitrogens with one attached hydrogen (secondary N) is 2. The van der Waals surface area contributed by atoms with Crippen molar-refractivity contribution in [3.05, 3.63) is 72.2 Å². The van der Waals surface area contributed by atoms with Crippen LogP contribution < -0.4 is 10.7 Å². The Morgan fingerprint density at radius 2 is 1.89 bits per heavy atom. The van der Waals surface area contributed by atoms with Crippen LogP contribution in [0.4, 0.5) is 0 Å². The Morgan fingerprint density at radius 3 is 2.55 bits per heavy atom. The smallest absolute Gasteiger partial charge is 0.324 e. The van der Waals surface area contributed by atoms with Crippen molar-refractivity contribution >= 4 is 63.8 Å². The van der Waals surface area contributed by atoms with Gasteiger partial charge in [0, 0.05) is 74.9 Å². The molecular formula is C49H66N8O7S. The minimum Gasteiger partial charge on any atom is -0.464 e. The van der Waals surface area contributed by atoms with Gasteiger partial charge in [-0.2, -0.15) is 4.37 Å². The Hall–Kier alpha value is -5.45. The lowest BCUT2D eigenvalue weighted by atomic mass is 9.84. The van der Waals surface area contributed by atoms with Crippen molar-refractivity contribution in [2.24, 2.45) is 22.2 Å². The third kappa shape index (κ3) is 10.5. The van der Waals surface area contributed by atoms with E-state index in [1.54, 1.807) is 25.3 Å². The number of likely N-dealkylation sites (N-methyl/N-ethyl adjacent to an activating group) is 1. The molecular weight excluding hydrogens is 845 g/mol. The lowest BCUT2D eigenvalue weighted by Crippen LogP contribution is -2.62. The van der Waals surface area contributed by atoms with Gasteiger partial charge in [0.2, 0.25) is 17.7 Å². The number of carbonyl (C=O) groups excluding carboxylic acids is 5. The first-order valence-electron chi connectivity index (χ1n) is 22.7. The van der Waals surface area contributed by atoms with Gasteiger partial charge in [0.25, 0.3) is 5.91 Å². The molecule has 0 radical (unpaired) electrons. The van der Waals surface area contributed by atoms with E-state index in [1.807, 2.05) is 39.8 Å². The number of nitrogens with zero attached hydrogens (tertiary/aromatic N) is 6. The first-order chi connectivity index (χ1) is 31.0. The summed E-state index contributed by atoms with van der Waals surface area (Å²) >= 11 is 1.31. The third-order valence-corrected chi connectivity index (χ3v) is 13.7. The quantitative estimate of drug-likeness (QED) is 0.0963. The summed E-state index contributed by atoms with van der Waals surface area (Å²) in [6, 6.07) is 5.52. The molecule has 0 spiro atoms. The van der Waals surface area contributed by atoms with Crippen LogP contribution in [0.15, 0.2) is 60.3 Å². The summed E-state index contributed by atoms with van der Waals surface area (Å²) in [5, 5.41) is 5.45. The Kier molecular flexibility index (Phi) is 15.7. The highest BCUT2D eigenvalue weighted by molar-refractivity contribution is 7.09. The second-order valence-corrected chi connectivity index (χ2v) is 19.2. The fraction of sp³-hybridized carbons (Fsp3) is 0.531. The number of amides is 4. The molecule has 3 aliphatic heterocycles. The molecule has 4 amide bonds. The molecule has 0 unspecified atom stereocenters. The van der Waals surface area contributed by atoms with Gasteiger partial charge in [-0.15, -0.1) is 0 Å². The number of hydrogen-bond acceptors (Lipinski definition) is 11. The maximum atomic E-state index is 14.6. The van der Waals surface area contributed by atoms with Crippen LogP contribution in [0, 0.1) is 17.3 Å². The highest BCUT2D eigenvalue weighted by atomic mass is 32.1. The first kappa shape index (κ1) is 49.0. The summed E-state index contributed by atoms with van der Waals surface area (Å²) in [4.78, 5) is 77.8. The van der Waals surface area contributed by atoms with E-state index in [2.05, 4.69) is 67.4 Å². The van der Waals surface area contributed by atoms with Crippen molar-refractivity contribution in [1.82, 2.24) is 34.5 Å². The number of esters is 1. The van der Waals surface area contributed by atoms with Crippen LogP contribution in [0.2, 0.25) is 0 Å². The number of benzene rings is 1. The molecule has 2 N–H and O–H groups in total. The monoisotopic (exact) mass is 910 g/mol. The van der Waals surface area contributed by atoms with Crippen molar-refractivity contribution in [3.63, 3.8) is 0 Å². The van der Waals surface area contributed by atoms with Gasteiger partial charge in [-0.1, -0.05) is 53.0 Å². The van der Waals surface area contributed by atoms with Crippen LogP contribution in [0.25, 0.3) is 26.9 Å². The molecule has 350 valence electrons. The topological polar surface area (TPSA) is 168 Å². The SMILES string of the molecule is C=CC(=O)N1CC[C@H](C(=O)N(C)[C@H](C(=O)N[C@H]2Cc3cc(sn3)-c3ccc4c(c3)c(c(/C(C=C)=C(/N=CC)[C@H](C)OC)n4CC)CC(C)(C)COC(=O)[C@@H]3CCCN(N3)C2=O)C(C)C)C1. The second-order valence-electron chi connectivity index (χ2n) is 18.4. The summed E-state index contributed by atoms with van der Waals surface area (Å²) in [5.74, 6) is -2.68. The first-order valence-corrected chi connectivity index (χ1v) is 23.5. The molecule has 5 heterocycles. The molecule has 5 atom stereocenters. The number of likely N-dealkylation sites (tertiary alicyclic amines) is 1. The van der Waals surface area contributed by atoms with Gasteiger partial charge in [0.15, 0.2) is 0 Å². The molecule has 16 heteroatoms. The predicted molar refractivity (Wildman–Crippen MR) is 255 cm³/mol. The van der Waals surface area contributed by atoms with Gasteiger partial charge in [0.1, 0.15) is 18.1 Å². The minimum absolute atomic E-state index is 0.0576. The predicted octanol–water partition coefficient (Wildman–Crippen LogP) is 5.97. The van der Waals surface area contributed by atoms with Gasteiger partial charge in [-0.05, 0) is 99.3 Å². The third-order valence-electron chi connectivity index (χ3n) is 12.8. The van der Waals surface area contributed by atoms with E-state index in [0.29, 0.717) is 51.0 Å². The van der Waals surface area contributed by atoms with E-state index >= 15 is 0 Å². The standard InChI is InChI=1S/C49H66N8O7S/c1-12-34(42(50-14-3)30(7)63-11)44-36-26-49(8,9)28-64-48(62)37-17-16-21-57(52-37)47(61)38(24-33-25-40(65-53-33)31-18-19-39(35(36)23-31)56(44)15-4)51-45(59)43(29(5)6)54(10)46(60)32-20-22-55(27-32)41(58)13-2/h12-14,18-19,23,25,29-30,32,37-38,43,52H,1-2,15-17,20-22,24,26-28H2,3-11H3,(H,51,59)/b42-34+,50-14?/t30-,32-,37-,38-,43-/m0/s1. The number of hydrazine groups is 1. The molecule has 6 rings (SSSR count). The van der Waals surface area contributed by atoms with Crippen molar-refractivity contribution in [2.45, 2.75) is 111 Å². The molecule has 2 fully saturated rings. The minimum atomic E-state index is -1.09. The molecule has 0 aliphatic carbocycles. The average Bonchev–Trinajstić information content (AvgIpc) is 4.05. The van der Waals surface area contributed by atoms with Crippen molar-refractivity contribution in [1.29, 1.82) is 0 Å². The van der Waals surface area contributed by atoms with E-state index in [-0.39, 0.29) is 43.4 Å². The molecule has 65 heavy (non-hydrogen) atoms. The Morgan fingerprint density at radius 1 is 1.14 bits per heavy atom. The van der Waals surface area contributed by atoms with Gasteiger partial charge < -0.3 is 29.2 Å². The molecule has 0 saturated carbocycles. The average molecular weight is 911 g/mol. The summed E-state index contributed by atoms with van der Waals surface area (Å²) in [6.45, 7) is 23.4. The van der Waals surface area contributed by atoms with Crippen LogP contribution in [-0.4, -0.2) is 124 Å². The van der Waals surface area contributed by atoms with E-state index in [4.69, 9.17) is 18.8 Å². The van der Waals surface area contributed by atoms with E-state index < -0.39 is 47.2 Å². The largest absolute Gasteiger partial charge is 0.464 e. The zero-order valence-electron chi connectivity index (χ0n) is 39.4. The fourth-order valence-electron chi connectivity index (χ4n) is 9.41. The molecule has 2 saturated heterocycles. The molecule has 3 aliphatic rings. The van der Waals surface area contributed by atoms with Crippen LogP contribution >= 0.6 is 11.5 Å². The highest BCUT2D eigenvalue weighted by Gasteiger charge is 2.40. The van der Waals surface area contributed by atoms with Crippen molar-refractivity contribution in [3.8, 4) is 10.4 Å². The normalized spacial score (nSPS) is 21.7. The number of aliphatic imine (C=N–C) groups is 1. The lowest BCUT2D eigenvalue weighted by molar-refractivity contribution is -0.155. The Labute approximate surface area is 387 Å². The zero-order chi connectivity index (χ0) is 47.3. The van der Waals surface area contributed by atoms with Gasteiger partial charge >= 0.3 is 5.97 Å². The molecule has 2 aromatic heterocycles. The zero-order valence-corrected chi connectivity index (χ0v) is 40.3. The van der Waals surface area contributed by atoms with Crippen LogP contribution in [-0.2, 0) is 52.8 Å².